The molecule has 0 spiro atoms. The molecule has 1 aromatic rings. The van der Waals surface area contributed by atoms with Crippen LogP contribution in [-0.4, -0.2) is 16.0 Å². The molecule has 1 N–H and O–H groups in total. The second kappa shape index (κ2) is 4.96. The maximum absolute atomic E-state index is 4.26. The molecular weight excluding hydrogens is 222 g/mol. The predicted octanol–water partition coefficient (Wildman–Crippen LogP) is 3.17. The van der Waals surface area contributed by atoms with Gasteiger partial charge in [0.2, 0.25) is 0 Å². The lowest BCUT2D eigenvalue weighted by Gasteiger charge is -2.45. The van der Waals surface area contributed by atoms with Crippen LogP contribution in [0.15, 0.2) is 18.6 Å². The van der Waals surface area contributed by atoms with E-state index in [1.807, 2.05) is 6.07 Å². The van der Waals surface area contributed by atoms with E-state index in [9.17, 15) is 0 Å². The van der Waals surface area contributed by atoms with Gasteiger partial charge in [0.25, 0.3) is 0 Å². The van der Waals surface area contributed by atoms with Gasteiger partial charge in [-0.2, -0.15) is 0 Å². The van der Waals surface area contributed by atoms with Crippen molar-refractivity contribution in [1.82, 2.24) is 15.3 Å². The number of nitrogens with zero attached hydrogens (tertiary/aromatic N) is 2. The second-order valence-corrected chi connectivity index (χ2v) is 7.19. The standard InChI is InChI=1S/C15H25N3/c1-14(2)7-13(8-15(3,4)10-14)17-9-12-5-6-16-11-18-12/h5-6,11,13,17H,7-10H2,1-4H3. The van der Waals surface area contributed by atoms with Gasteiger partial charge >= 0.3 is 0 Å². The lowest BCUT2D eigenvalue weighted by Crippen LogP contribution is -2.43. The number of nitrogens with one attached hydrogen (secondary N) is 1. The van der Waals surface area contributed by atoms with Gasteiger partial charge in [-0.3, -0.25) is 0 Å². The highest BCUT2D eigenvalue weighted by molar-refractivity contribution is 4.99. The largest absolute Gasteiger partial charge is 0.308 e. The minimum atomic E-state index is 0.436. The van der Waals surface area contributed by atoms with Crippen LogP contribution in [0.5, 0.6) is 0 Å². The molecule has 0 atom stereocenters. The van der Waals surface area contributed by atoms with Gasteiger partial charge in [0.05, 0.1) is 5.69 Å². The Bertz CT molecular complexity index is 368. The Kier molecular flexibility index (Phi) is 3.71. The molecule has 0 radical (unpaired) electrons. The molecule has 1 aromatic heterocycles. The Labute approximate surface area is 110 Å². The minimum Gasteiger partial charge on any atom is -0.308 e. The third kappa shape index (κ3) is 3.77. The van der Waals surface area contributed by atoms with Crippen LogP contribution in [0.3, 0.4) is 0 Å². The van der Waals surface area contributed by atoms with Crippen molar-refractivity contribution < 1.29 is 0 Å². The highest BCUT2D eigenvalue weighted by atomic mass is 14.9. The fourth-order valence-corrected chi connectivity index (χ4v) is 3.66. The molecular formula is C15H25N3. The molecule has 100 valence electrons. The average molecular weight is 247 g/mol. The van der Waals surface area contributed by atoms with Crippen molar-refractivity contribution in [3.8, 4) is 0 Å². The third-order valence-electron chi connectivity index (χ3n) is 3.77. The Balaban J connectivity index is 1.93. The summed E-state index contributed by atoms with van der Waals surface area (Å²) in [4.78, 5) is 8.21. The molecule has 1 heterocycles. The van der Waals surface area contributed by atoms with Crippen molar-refractivity contribution in [3.63, 3.8) is 0 Å². The summed E-state index contributed by atoms with van der Waals surface area (Å²) in [7, 11) is 0. The monoisotopic (exact) mass is 247 g/mol. The van der Waals surface area contributed by atoms with Crippen LogP contribution in [0.2, 0.25) is 0 Å². The average Bonchev–Trinajstić information content (AvgIpc) is 2.24. The topological polar surface area (TPSA) is 37.8 Å². The summed E-state index contributed by atoms with van der Waals surface area (Å²) in [5.41, 5.74) is 1.95. The van der Waals surface area contributed by atoms with Crippen LogP contribution in [0.25, 0.3) is 0 Å². The summed E-state index contributed by atoms with van der Waals surface area (Å²) in [5, 5.41) is 3.66. The van der Waals surface area contributed by atoms with Crippen molar-refractivity contribution in [3.05, 3.63) is 24.3 Å². The van der Waals surface area contributed by atoms with Crippen LogP contribution >= 0.6 is 0 Å². The van der Waals surface area contributed by atoms with Gasteiger partial charge in [-0.05, 0) is 36.2 Å². The van der Waals surface area contributed by atoms with E-state index in [1.165, 1.54) is 19.3 Å². The van der Waals surface area contributed by atoms with Gasteiger partial charge in [0.15, 0.2) is 0 Å². The molecule has 18 heavy (non-hydrogen) atoms. The van der Waals surface area contributed by atoms with E-state index in [0.29, 0.717) is 16.9 Å². The Morgan fingerprint density at radius 1 is 1.22 bits per heavy atom. The fraction of sp³-hybridized carbons (Fsp3) is 0.733. The van der Waals surface area contributed by atoms with Gasteiger partial charge in [-0.1, -0.05) is 27.7 Å². The van der Waals surface area contributed by atoms with E-state index < -0.39 is 0 Å². The lowest BCUT2D eigenvalue weighted by molar-refractivity contribution is 0.0843. The van der Waals surface area contributed by atoms with E-state index in [2.05, 4.69) is 43.0 Å². The van der Waals surface area contributed by atoms with Gasteiger partial charge in [-0.15, -0.1) is 0 Å². The number of hydrogen-bond donors (Lipinski definition) is 1. The minimum absolute atomic E-state index is 0.436. The molecule has 3 nitrogen and oxygen atoms in total. The molecule has 0 aliphatic heterocycles. The van der Waals surface area contributed by atoms with Gasteiger partial charge in [0.1, 0.15) is 6.33 Å². The molecule has 0 aromatic carbocycles. The Morgan fingerprint density at radius 2 is 1.89 bits per heavy atom. The predicted molar refractivity (Wildman–Crippen MR) is 74.1 cm³/mol. The zero-order valence-corrected chi connectivity index (χ0v) is 12.0. The van der Waals surface area contributed by atoms with Crippen LogP contribution in [0.1, 0.15) is 52.7 Å². The van der Waals surface area contributed by atoms with Gasteiger partial charge in [0, 0.05) is 18.8 Å². The molecule has 1 saturated carbocycles. The van der Waals surface area contributed by atoms with Crippen molar-refractivity contribution in [2.24, 2.45) is 10.8 Å². The first kappa shape index (κ1) is 13.5. The molecule has 0 amide bonds. The molecule has 0 bridgehead atoms. The van der Waals surface area contributed by atoms with Crippen molar-refractivity contribution in [2.75, 3.05) is 0 Å². The normalized spacial score (nSPS) is 22.9. The first-order valence-corrected chi connectivity index (χ1v) is 6.85. The Morgan fingerprint density at radius 3 is 2.44 bits per heavy atom. The smallest absolute Gasteiger partial charge is 0.115 e. The fourth-order valence-electron chi connectivity index (χ4n) is 3.66. The van der Waals surface area contributed by atoms with Crippen LogP contribution in [0.4, 0.5) is 0 Å². The maximum atomic E-state index is 4.26. The van der Waals surface area contributed by atoms with E-state index >= 15 is 0 Å². The molecule has 0 saturated heterocycles. The maximum Gasteiger partial charge on any atom is 0.115 e. The van der Waals surface area contributed by atoms with Crippen LogP contribution in [-0.2, 0) is 6.54 Å². The van der Waals surface area contributed by atoms with E-state index in [-0.39, 0.29) is 0 Å². The molecule has 3 heteroatoms. The lowest BCUT2D eigenvalue weighted by atomic mass is 9.63. The van der Waals surface area contributed by atoms with Crippen LogP contribution < -0.4 is 5.32 Å². The summed E-state index contributed by atoms with van der Waals surface area (Å²) < 4.78 is 0. The zero-order chi connectivity index (χ0) is 13.2. The summed E-state index contributed by atoms with van der Waals surface area (Å²) in [6.45, 7) is 10.4. The summed E-state index contributed by atoms with van der Waals surface area (Å²) in [5.74, 6) is 0. The molecule has 1 fully saturated rings. The van der Waals surface area contributed by atoms with E-state index in [1.54, 1.807) is 12.5 Å². The van der Waals surface area contributed by atoms with Crippen molar-refractivity contribution in [2.45, 2.75) is 59.5 Å². The van der Waals surface area contributed by atoms with Crippen LogP contribution in [0, 0.1) is 10.8 Å². The summed E-state index contributed by atoms with van der Waals surface area (Å²) >= 11 is 0. The summed E-state index contributed by atoms with van der Waals surface area (Å²) in [6.07, 6.45) is 7.24. The molecule has 0 unspecified atom stereocenters. The van der Waals surface area contributed by atoms with Crippen molar-refractivity contribution in [1.29, 1.82) is 0 Å². The summed E-state index contributed by atoms with van der Waals surface area (Å²) in [6, 6.07) is 2.57. The third-order valence-corrected chi connectivity index (χ3v) is 3.77. The highest BCUT2D eigenvalue weighted by Gasteiger charge is 2.38. The van der Waals surface area contributed by atoms with E-state index in [0.717, 1.165) is 12.2 Å². The SMILES string of the molecule is CC1(C)CC(NCc2ccncn2)CC(C)(C)C1. The molecule has 1 aliphatic rings. The molecule has 1 aliphatic carbocycles. The van der Waals surface area contributed by atoms with E-state index in [4.69, 9.17) is 0 Å². The number of hydrogen-bond acceptors (Lipinski definition) is 3. The highest BCUT2D eigenvalue weighted by Crippen LogP contribution is 2.45. The number of rotatable bonds is 3. The van der Waals surface area contributed by atoms with Gasteiger partial charge in [-0.25, -0.2) is 9.97 Å². The number of aromatic nitrogens is 2. The van der Waals surface area contributed by atoms with Gasteiger partial charge < -0.3 is 5.32 Å². The second-order valence-electron chi connectivity index (χ2n) is 7.19. The first-order valence-electron chi connectivity index (χ1n) is 6.85. The van der Waals surface area contributed by atoms with Crippen molar-refractivity contribution >= 4 is 0 Å². The first-order chi connectivity index (χ1) is 8.36. The quantitative estimate of drug-likeness (QED) is 0.891. The Hall–Kier alpha value is -0.960. The molecule has 2 rings (SSSR count). The zero-order valence-electron chi connectivity index (χ0n) is 12.0.